The molecule has 0 radical (unpaired) electrons. The first kappa shape index (κ1) is 12.7. The molecule has 0 amide bonds. The van der Waals surface area contributed by atoms with E-state index in [9.17, 15) is 0 Å². The molecule has 0 aromatic heterocycles. The SMILES string of the molecule is CC(C)Cc1cc(C#N)c(Br)c(CC#N)c1. The number of nitrogens with zero attached hydrogens (tertiary/aromatic N) is 2. The van der Waals surface area contributed by atoms with Crippen molar-refractivity contribution in [3.05, 3.63) is 33.3 Å². The predicted molar refractivity (Wildman–Crippen MR) is 66.7 cm³/mol. The second-order valence-electron chi connectivity index (χ2n) is 4.16. The molecule has 16 heavy (non-hydrogen) atoms. The van der Waals surface area contributed by atoms with Crippen LogP contribution in [0, 0.1) is 28.6 Å². The van der Waals surface area contributed by atoms with Gasteiger partial charge in [-0.2, -0.15) is 10.5 Å². The lowest BCUT2D eigenvalue weighted by Gasteiger charge is -2.09. The van der Waals surface area contributed by atoms with Crippen LogP contribution in [0.4, 0.5) is 0 Å². The molecule has 0 spiro atoms. The molecule has 0 aliphatic carbocycles. The van der Waals surface area contributed by atoms with Crippen molar-refractivity contribution in [3.8, 4) is 12.1 Å². The Morgan fingerprint density at radius 3 is 2.50 bits per heavy atom. The van der Waals surface area contributed by atoms with Crippen LogP contribution < -0.4 is 0 Å². The monoisotopic (exact) mass is 276 g/mol. The van der Waals surface area contributed by atoms with Crippen molar-refractivity contribution in [3.63, 3.8) is 0 Å². The van der Waals surface area contributed by atoms with E-state index in [0.717, 1.165) is 22.0 Å². The van der Waals surface area contributed by atoms with Gasteiger partial charge >= 0.3 is 0 Å². The Hall–Kier alpha value is -1.32. The summed E-state index contributed by atoms with van der Waals surface area (Å²) < 4.78 is 0.754. The fourth-order valence-corrected chi connectivity index (χ4v) is 2.09. The molecule has 0 N–H and O–H groups in total. The van der Waals surface area contributed by atoms with Crippen molar-refractivity contribution >= 4 is 15.9 Å². The number of halogens is 1. The zero-order valence-electron chi connectivity index (χ0n) is 9.42. The Morgan fingerprint density at radius 1 is 1.31 bits per heavy atom. The second-order valence-corrected chi connectivity index (χ2v) is 4.95. The minimum Gasteiger partial charge on any atom is -0.198 e. The van der Waals surface area contributed by atoms with E-state index in [1.807, 2.05) is 12.1 Å². The molecule has 0 fully saturated rings. The Kier molecular flexibility index (Phi) is 4.52. The van der Waals surface area contributed by atoms with E-state index in [-0.39, 0.29) is 0 Å². The Labute approximate surface area is 105 Å². The number of nitriles is 2. The first-order valence-electron chi connectivity index (χ1n) is 5.16. The van der Waals surface area contributed by atoms with Gasteiger partial charge in [0, 0.05) is 4.47 Å². The summed E-state index contributed by atoms with van der Waals surface area (Å²) in [6.45, 7) is 4.27. The van der Waals surface area contributed by atoms with Crippen LogP contribution in [-0.2, 0) is 12.8 Å². The van der Waals surface area contributed by atoms with Gasteiger partial charge in [0.15, 0.2) is 0 Å². The quantitative estimate of drug-likeness (QED) is 0.847. The molecular weight excluding hydrogens is 264 g/mol. The van der Waals surface area contributed by atoms with Gasteiger partial charge in [-0.3, -0.25) is 0 Å². The summed E-state index contributed by atoms with van der Waals surface area (Å²) in [6.07, 6.45) is 1.27. The van der Waals surface area contributed by atoms with Gasteiger partial charge in [-0.25, -0.2) is 0 Å². The highest BCUT2D eigenvalue weighted by atomic mass is 79.9. The second kappa shape index (κ2) is 5.68. The van der Waals surface area contributed by atoms with Crippen LogP contribution in [-0.4, -0.2) is 0 Å². The van der Waals surface area contributed by atoms with Gasteiger partial charge < -0.3 is 0 Å². The van der Waals surface area contributed by atoms with E-state index in [1.54, 1.807) is 0 Å². The van der Waals surface area contributed by atoms with Crippen molar-refractivity contribution in [2.45, 2.75) is 26.7 Å². The van der Waals surface area contributed by atoms with Crippen LogP contribution in [0.3, 0.4) is 0 Å². The number of hydrogen-bond donors (Lipinski definition) is 0. The van der Waals surface area contributed by atoms with Crippen LogP contribution in [0.15, 0.2) is 16.6 Å². The van der Waals surface area contributed by atoms with Gasteiger partial charge in [-0.1, -0.05) is 19.9 Å². The van der Waals surface area contributed by atoms with Crippen molar-refractivity contribution in [1.29, 1.82) is 10.5 Å². The molecule has 0 atom stereocenters. The molecule has 0 saturated carbocycles. The zero-order valence-corrected chi connectivity index (χ0v) is 11.0. The molecule has 0 aliphatic rings. The Balaban J connectivity index is 3.20. The summed E-state index contributed by atoms with van der Waals surface area (Å²) in [5.41, 5.74) is 2.64. The summed E-state index contributed by atoms with van der Waals surface area (Å²) in [6, 6.07) is 8.17. The molecule has 1 aromatic rings. The maximum absolute atomic E-state index is 9.01. The third-order valence-corrected chi connectivity index (χ3v) is 3.18. The highest BCUT2D eigenvalue weighted by Gasteiger charge is 2.09. The fourth-order valence-electron chi connectivity index (χ4n) is 1.63. The van der Waals surface area contributed by atoms with E-state index < -0.39 is 0 Å². The largest absolute Gasteiger partial charge is 0.198 e. The van der Waals surface area contributed by atoms with E-state index >= 15 is 0 Å². The van der Waals surface area contributed by atoms with E-state index in [4.69, 9.17) is 10.5 Å². The topological polar surface area (TPSA) is 47.6 Å². The van der Waals surface area contributed by atoms with Crippen molar-refractivity contribution in [2.75, 3.05) is 0 Å². The van der Waals surface area contributed by atoms with E-state index in [1.165, 1.54) is 0 Å². The van der Waals surface area contributed by atoms with Gasteiger partial charge in [0.2, 0.25) is 0 Å². The highest BCUT2D eigenvalue weighted by Crippen LogP contribution is 2.25. The van der Waals surface area contributed by atoms with Crippen LogP contribution >= 0.6 is 15.9 Å². The minimum absolute atomic E-state index is 0.335. The molecule has 0 unspecified atom stereocenters. The van der Waals surface area contributed by atoms with E-state index in [2.05, 4.69) is 41.9 Å². The molecule has 82 valence electrons. The number of rotatable bonds is 3. The third-order valence-electron chi connectivity index (χ3n) is 2.24. The Morgan fingerprint density at radius 2 is 2.00 bits per heavy atom. The average molecular weight is 277 g/mol. The smallest absolute Gasteiger partial charge is 0.100 e. The molecule has 2 nitrogen and oxygen atoms in total. The van der Waals surface area contributed by atoms with Gasteiger partial charge in [0.05, 0.1) is 18.1 Å². The molecule has 3 heteroatoms. The van der Waals surface area contributed by atoms with Crippen LogP contribution in [0.1, 0.15) is 30.5 Å². The van der Waals surface area contributed by atoms with E-state index in [0.29, 0.717) is 17.9 Å². The number of hydrogen-bond acceptors (Lipinski definition) is 2. The lowest BCUT2D eigenvalue weighted by molar-refractivity contribution is 0.646. The fraction of sp³-hybridized carbons (Fsp3) is 0.385. The van der Waals surface area contributed by atoms with Crippen LogP contribution in [0.2, 0.25) is 0 Å². The zero-order chi connectivity index (χ0) is 12.1. The molecule has 1 aromatic carbocycles. The summed E-state index contributed by atoms with van der Waals surface area (Å²) in [5.74, 6) is 0.544. The molecule has 0 aliphatic heterocycles. The van der Waals surface area contributed by atoms with Gasteiger partial charge in [0.25, 0.3) is 0 Å². The minimum atomic E-state index is 0.335. The number of benzene rings is 1. The molecule has 0 bridgehead atoms. The maximum atomic E-state index is 9.01. The van der Waals surface area contributed by atoms with Crippen LogP contribution in [0.5, 0.6) is 0 Å². The average Bonchev–Trinajstić information content (AvgIpc) is 2.22. The maximum Gasteiger partial charge on any atom is 0.100 e. The summed E-state index contributed by atoms with van der Waals surface area (Å²) in [4.78, 5) is 0. The predicted octanol–water partition coefficient (Wildman–Crippen LogP) is 3.59. The molecule has 0 heterocycles. The molecular formula is C13H13BrN2. The third kappa shape index (κ3) is 3.08. The lowest BCUT2D eigenvalue weighted by Crippen LogP contribution is -1.98. The lowest BCUT2D eigenvalue weighted by atomic mass is 9.98. The molecule has 0 saturated heterocycles. The first-order valence-corrected chi connectivity index (χ1v) is 5.96. The van der Waals surface area contributed by atoms with Gasteiger partial charge in [0.1, 0.15) is 6.07 Å². The van der Waals surface area contributed by atoms with Crippen molar-refractivity contribution in [2.24, 2.45) is 5.92 Å². The summed E-state index contributed by atoms with van der Waals surface area (Å²) in [5, 5.41) is 17.7. The van der Waals surface area contributed by atoms with Crippen molar-refractivity contribution in [1.82, 2.24) is 0 Å². The highest BCUT2D eigenvalue weighted by molar-refractivity contribution is 9.10. The first-order chi connectivity index (χ1) is 7.58. The molecule has 1 rings (SSSR count). The Bertz CT molecular complexity index is 464. The normalized spacial score (nSPS) is 9.88. The van der Waals surface area contributed by atoms with Crippen molar-refractivity contribution < 1.29 is 0 Å². The van der Waals surface area contributed by atoms with Gasteiger partial charge in [-0.15, -0.1) is 0 Å². The van der Waals surface area contributed by atoms with Gasteiger partial charge in [-0.05, 0) is 45.5 Å². The standard InChI is InChI=1S/C13H13BrN2/c1-9(2)5-10-6-11(3-4-15)13(14)12(7-10)8-16/h6-7,9H,3,5H2,1-2H3. The summed E-state index contributed by atoms with van der Waals surface area (Å²) in [7, 11) is 0. The summed E-state index contributed by atoms with van der Waals surface area (Å²) >= 11 is 3.37. The van der Waals surface area contributed by atoms with Crippen LogP contribution in [0.25, 0.3) is 0 Å².